The Balaban J connectivity index is 1.33. The third kappa shape index (κ3) is 9.62. The van der Waals surface area contributed by atoms with Crippen LogP contribution in [0.2, 0.25) is 0 Å². The number of hydrogen-bond acceptors (Lipinski definition) is 8. The van der Waals surface area contributed by atoms with Gasteiger partial charge in [-0.3, -0.25) is 49.2 Å². The van der Waals surface area contributed by atoms with E-state index in [-0.39, 0.29) is 35.6 Å². The average Bonchev–Trinajstić information content (AvgIpc) is 3.25. The molecule has 6 rings (SSSR count). The van der Waals surface area contributed by atoms with E-state index >= 15 is 0 Å². The summed E-state index contributed by atoms with van der Waals surface area (Å²) in [6.45, 7) is 0. The summed E-state index contributed by atoms with van der Waals surface area (Å²) >= 11 is 0. The normalized spacial score (nSPS) is 11.7. The Labute approximate surface area is 332 Å². The molecule has 14 nitrogen and oxygen atoms in total. The number of hydrogen-bond donors (Lipinski definition) is 2. The fourth-order valence-corrected chi connectivity index (χ4v) is 6.37. The molecule has 58 heavy (non-hydrogen) atoms. The number of carbonyl (C=O) groups excluding carboxylic acids is 4. The summed E-state index contributed by atoms with van der Waals surface area (Å²) in [7, 11) is 0. The van der Waals surface area contributed by atoms with Gasteiger partial charge in [0.25, 0.3) is 23.2 Å². The van der Waals surface area contributed by atoms with Gasteiger partial charge in [-0.1, -0.05) is 97.1 Å². The molecule has 14 heteroatoms. The van der Waals surface area contributed by atoms with Crippen molar-refractivity contribution >= 4 is 57.8 Å². The van der Waals surface area contributed by atoms with E-state index in [1.807, 2.05) is 0 Å². The van der Waals surface area contributed by atoms with Gasteiger partial charge in [0.1, 0.15) is 12.1 Å². The van der Waals surface area contributed by atoms with Crippen LogP contribution in [0.25, 0.3) is 0 Å². The van der Waals surface area contributed by atoms with Crippen molar-refractivity contribution in [2.24, 2.45) is 0 Å². The topological polar surface area (TPSA) is 185 Å². The lowest BCUT2D eigenvalue weighted by Gasteiger charge is -2.33. The second-order valence-corrected chi connectivity index (χ2v) is 12.9. The molecule has 6 aromatic rings. The van der Waals surface area contributed by atoms with Crippen molar-refractivity contribution in [1.29, 1.82) is 0 Å². The number of rotatable bonds is 15. The minimum atomic E-state index is -1.24. The van der Waals surface area contributed by atoms with Gasteiger partial charge >= 0.3 is 0 Å². The van der Waals surface area contributed by atoms with E-state index in [9.17, 15) is 39.4 Å². The molecule has 0 saturated carbocycles. The number of carbonyl (C=O) groups is 4. The van der Waals surface area contributed by atoms with Gasteiger partial charge in [-0.05, 0) is 59.7 Å². The SMILES string of the molecule is O=C(Nc1ccc([N+](=O)[O-])cc1)C(c1ccccc1)N(C(=O)CCC(=O)N(c1ccccc1)C(C(=O)Nc1ccc([N+](=O)[O-])cc1)c1ccccc1)c1ccccc1. The van der Waals surface area contributed by atoms with E-state index < -0.39 is 45.6 Å². The molecule has 0 aliphatic rings. The number of nitrogens with zero attached hydrogens (tertiary/aromatic N) is 4. The first-order chi connectivity index (χ1) is 28.1. The zero-order chi connectivity index (χ0) is 41.0. The van der Waals surface area contributed by atoms with Crippen molar-refractivity contribution in [1.82, 2.24) is 0 Å². The van der Waals surface area contributed by atoms with E-state index in [1.54, 1.807) is 121 Å². The first kappa shape index (κ1) is 39.7. The molecule has 290 valence electrons. The lowest BCUT2D eigenvalue weighted by Crippen LogP contribution is -2.43. The molecule has 2 atom stereocenters. The minimum Gasteiger partial charge on any atom is -0.324 e. The van der Waals surface area contributed by atoms with Gasteiger partial charge in [-0.2, -0.15) is 0 Å². The highest BCUT2D eigenvalue weighted by molar-refractivity contribution is 6.09. The van der Waals surface area contributed by atoms with Crippen molar-refractivity contribution in [2.75, 3.05) is 20.4 Å². The lowest BCUT2D eigenvalue weighted by atomic mass is 10.0. The maximum absolute atomic E-state index is 14.6. The van der Waals surface area contributed by atoms with E-state index in [0.717, 1.165) is 0 Å². The first-order valence-corrected chi connectivity index (χ1v) is 18.1. The molecule has 2 unspecified atom stereocenters. The summed E-state index contributed by atoms with van der Waals surface area (Å²) in [5.74, 6) is -2.37. The average molecular weight is 777 g/mol. The van der Waals surface area contributed by atoms with Crippen molar-refractivity contribution in [3.8, 4) is 0 Å². The third-order valence-corrected chi connectivity index (χ3v) is 9.09. The monoisotopic (exact) mass is 776 g/mol. The van der Waals surface area contributed by atoms with E-state index in [0.29, 0.717) is 22.5 Å². The zero-order valence-corrected chi connectivity index (χ0v) is 30.8. The quantitative estimate of drug-likeness (QED) is 0.0769. The van der Waals surface area contributed by atoms with Crippen LogP contribution in [0.1, 0.15) is 36.1 Å². The summed E-state index contributed by atoms with van der Waals surface area (Å²) in [4.78, 5) is 81.5. The smallest absolute Gasteiger partial charge is 0.269 e. The van der Waals surface area contributed by atoms with Crippen LogP contribution >= 0.6 is 0 Å². The van der Waals surface area contributed by atoms with Gasteiger partial charge in [0, 0.05) is 59.9 Å². The highest BCUT2D eigenvalue weighted by Gasteiger charge is 2.36. The van der Waals surface area contributed by atoms with Gasteiger partial charge in [0.15, 0.2) is 0 Å². The van der Waals surface area contributed by atoms with Gasteiger partial charge < -0.3 is 10.6 Å². The van der Waals surface area contributed by atoms with Gasteiger partial charge in [0.2, 0.25) is 11.8 Å². The maximum Gasteiger partial charge on any atom is 0.269 e. The molecular formula is C44H36N6O8. The third-order valence-electron chi connectivity index (χ3n) is 9.09. The van der Waals surface area contributed by atoms with E-state index in [2.05, 4.69) is 10.6 Å². The van der Waals surface area contributed by atoms with Crippen LogP contribution in [-0.4, -0.2) is 33.5 Å². The number of non-ortho nitro benzene ring substituents is 2. The second kappa shape index (κ2) is 18.6. The maximum atomic E-state index is 14.6. The molecule has 4 amide bonds. The Kier molecular flexibility index (Phi) is 12.7. The van der Waals surface area contributed by atoms with Gasteiger partial charge in [-0.25, -0.2) is 0 Å². The van der Waals surface area contributed by atoms with Crippen molar-refractivity contribution in [3.63, 3.8) is 0 Å². The molecule has 0 aromatic heterocycles. The summed E-state index contributed by atoms with van der Waals surface area (Å²) in [6.07, 6.45) is -0.757. The van der Waals surface area contributed by atoms with Crippen molar-refractivity contribution in [3.05, 3.63) is 201 Å². The summed E-state index contributed by atoms with van der Waals surface area (Å²) in [5, 5.41) is 28.0. The molecule has 0 aliphatic carbocycles. The summed E-state index contributed by atoms with van der Waals surface area (Å²) < 4.78 is 0. The van der Waals surface area contributed by atoms with E-state index in [1.165, 1.54) is 58.3 Å². The molecule has 0 radical (unpaired) electrons. The lowest BCUT2D eigenvalue weighted by molar-refractivity contribution is -0.385. The second-order valence-electron chi connectivity index (χ2n) is 12.9. The van der Waals surface area contributed by atoms with Crippen LogP contribution in [0.3, 0.4) is 0 Å². The molecule has 6 aromatic carbocycles. The van der Waals surface area contributed by atoms with Crippen molar-refractivity contribution in [2.45, 2.75) is 24.9 Å². The summed E-state index contributed by atoms with van der Waals surface area (Å²) in [6, 6.07) is 42.3. The molecule has 0 heterocycles. The number of nitro groups is 2. The van der Waals surface area contributed by atoms with Crippen LogP contribution in [0.5, 0.6) is 0 Å². The molecule has 0 fully saturated rings. The van der Waals surface area contributed by atoms with Crippen LogP contribution in [-0.2, 0) is 19.2 Å². The van der Waals surface area contributed by atoms with Gasteiger partial charge in [-0.15, -0.1) is 0 Å². The van der Waals surface area contributed by atoms with E-state index in [4.69, 9.17) is 0 Å². The fourth-order valence-electron chi connectivity index (χ4n) is 6.37. The Hall–Kier alpha value is -8.00. The molecule has 2 N–H and O–H groups in total. The Morgan fingerprint density at radius 2 is 0.741 bits per heavy atom. The molecule has 0 spiro atoms. The molecule has 0 aliphatic heterocycles. The molecular weight excluding hydrogens is 741 g/mol. The highest BCUT2D eigenvalue weighted by Crippen LogP contribution is 2.33. The number of nitro benzene ring substituents is 2. The highest BCUT2D eigenvalue weighted by atomic mass is 16.6. The van der Waals surface area contributed by atoms with Crippen LogP contribution in [0.15, 0.2) is 170 Å². The number of para-hydroxylation sites is 2. The zero-order valence-electron chi connectivity index (χ0n) is 30.8. The number of benzene rings is 6. The Morgan fingerprint density at radius 1 is 0.448 bits per heavy atom. The summed E-state index contributed by atoms with van der Waals surface area (Å²) in [5.41, 5.74) is 1.88. The number of amides is 4. The van der Waals surface area contributed by atoms with Crippen LogP contribution in [0, 0.1) is 20.2 Å². The van der Waals surface area contributed by atoms with Crippen LogP contribution < -0.4 is 20.4 Å². The molecule has 0 bridgehead atoms. The fraction of sp³-hybridized carbons (Fsp3) is 0.0909. The standard InChI is InChI=1S/C44H36N6O8/c51-39(47(35-17-9-3-10-18-35)41(31-13-5-1-6-14-31)43(53)45-33-21-25-37(26-22-33)49(55)56)29-30-40(52)48(36-19-11-4-12-20-36)42(32-15-7-2-8-16-32)44(54)46-34-23-27-38(28-24-34)50(57)58/h1-28,41-42H,29-30H2,(H,45,53)(H,46,54). The predicted octanol–water partition coefficient (Wildman–Crippen LogP) is 8.41. The predicted molar refractivity (Wildman–Crippen MR) is 219 cm³/mol. The largest absolute Gasteiger partial charge is 0.324 e. The number of nitrogens with one attached hydrogen (secondary N) is 2. The first-order valence-electron chi connectivity index (χ1n) is 18.1. The minimum absolute atomic E-state index is 0.161. The number of anilines is 4. The van der Waals surface area contributed by atoms with Crippen molar-refractivity contribution < 1.29 is 29.0 Å². The Bertz CT molecular complexity index is 2210. The van der Waals surface area contributed by atoms with Crippen LogP contribution in [0.4, 0.5) is 34.1 Å². The Morgan fingerprint density at radius 3 is 1.03 bits per heavy atom. The van der Waals surface area contributed by atoms with Gasteiger partial charge in [0.05, 0.1) is 9.85 Å². The molecule has 0 saturated heterocycles.